The second-order valence-corrected chi connectivity index (χ2v) is 5.02. The molecule has 0 atom stereocenters. The normalized spacial score (nSPS) is 11.0. The number of hydrogen-bond donors (Lipinski definition) is 1. The summed E-state index contributed by atoms with van der Waals surface area (Å²) in [7, 11) is 0. The first-order chi connectivity index (χ1) is 10.5. The second-order valence-electron chi connectivity index (χ2n) is 5.02. The van der Waals surface area contributed by atoms with E-state index in [0.717, 1.165) is 5.52 Å². The van der Waals surface area contributed by atoms with Gasteiger partial charge in [0, 0.05) is 11.4 Å². The van der Waals surface area contributed by atoms with Crippen molar-refractivity contribution >= 4 is 16.9 Å². The van der Waals surface area contributed by atoms with Gasteiger partial charge < -0.3 is 5.11 Å². The zero-order valence-corrected chi connectivity index (χ0v) is 11.9. The van der Waals surface area contributed by atoms with Crippen LogP contribution in [0.2, 0.25) is 0 Å². The third kappa shape index (κ3) is 2.09. The number of nitrogens with zero attached hydrogens (tertiary/aromatic N) is 6. The number of aromatic nitrogens is 5. The topological polar surface area (TPSA) is 110 Å². The predicted molar refractivity (Wildman–Crippen MR) is 76.7 cm³/mol. The number of aromatic carboxylic acids is 1. The molecule has 0 spiro atoms. The Morgan fingerprint density at radius 3 is 2.73 bits per heavy atom. The molecule has 1 N–H and O–H groups in total. The van der Waals surface area contributed by atoms with Crippen LogP contribution in [0.25, 0.3) is 16.6 Å². The van der Waals surface area contributed by atoms with Crippen LogP contribution in [0.1, 0.15) is 36.1 Å². The number of carboxylic acid groups (broad SMARTS) is 1. The van der Waals surface area contributed by atoms with E-state index in [4.69, 9.17) is 5.11 Å². The van der Waals surface area contributed by atoms with Gasteiger partial charge in [0.15, 0.2) is 11.4 Å². The summed E-state index contributed by atoms with van der Waals surface area (Å²) in [6.45, 7) is 3.96. The zero-order chi connectivity index (χ0) is 15.9. The van der Waals surface area contributed by atoms with Gasteiger partial charge in [0.05, 0.1) is 17.4 Å². The Morgan fingerprint density at radius 1 is 1.36 bits per heavy atom. The van der Waals surface area contributed by atoms with Crippen LogP contribution >= 0.6 is 0 Å². The molecule has 0 amide bonds. The van der Waals surface area contributed by atoms with Gasteiger partial charge in [-0.2, -0.15) is 20.3 Å². The third-order valence-electron chi connectivity index (χ3n) is 3.23. The molecule has 0 bridgehead atoms. The Morgan fingerprint density at radius 2 is 2.14 bits per heavy atom. The van der Waals surface area contributed by atoms with E-state index in [2.05, 4.69) is 21.4 Å². The van der Waals surface area contributed by atoms with Crippen molar-refractivity contribution in [2.45, 2.75) is 19.9 Å². The van der Waals surface area contributed by atoms with Crippen molar-refractivity contribution in [3.05, 3.63) is 35.8 Å². The van der Waals surface area contributed by atoms with Crippen LogP contribution in [0.5, 0.6) is 0 Å². The van der Waals surface area contributed by atoms with Crippen LogP contribution in [-0.4, -0.2) is 35.9 Å². The molecule has 0 saturated carbocycles. The Kier molecular flexibility index (Phi) is 3.10. The maximum Gasteiger partial charge on any atom is 0.358 e. The molecule has 3 aromatic rings. The van der Waals surface area contributed by atoms with Crippen molar-refractivity contribution < 1.29 is 9.90 Å². The maximum absolute atomic E-state index is 10.9. The van der Waals surface area contributed by atoms with E-state index < -0.39 is 5.97 Å². The summed E-state index contributed by atoms with van der Waals surface area (Å²) < 4.78 is 1.77. The zero-order valence-electron chi connectivity index (χ0n) is 11.9. The van der Waals surface area contributed by atoms with Crippen LogP contribution in [0, 0.1) is 11.3 Å². The first-order valence-corrected chi connectivity index (χ1v) is 6.59. The monoisotopic (exact) mass is 296 g/mol. The molecule has 1 aromatic carbocycles. The minimum absolute atomic E-state index is 0.122. The molecule has 0 unspecified atom stereocenters. The molecule has 3 rings (SSSR count). The Bertz CT molecular complexity index is 915. The summed E-state index contributed by atoms with van der Waals surface area (Å²) in [6.07, 6.45) is 1.18. The fourth-order valence-corrected chi connectivity index (χ4v) is 2.22. The molecule has 110 valence electrons. The van der Waals surface area contributed by atoms with Crippen molar-refractivity contribution in [3.8, 4) is 11.8 Å². The summed E-state index contributed by atoms with van der Waals surface area (Å²) in [6, 6.07) is 7.50. The lowest BCUT2D eigenvalue weighted by molar-refractivity contribution is 0.0690. The van der Waals surface area contributed by atoms with E-state index in [1.807, 2.05) is 19.9 Å². The molecule has 0 aliphatic carbocycles. The Balaban J connectivity index is 2.17. The number of carbonyl (C=O) groups is 1. The molecule has 0 saturated heterocycles. The smallest absolute Gasteiger partial charge is 0.358 e. The lowest BCUT2D eigenvalue weighted by Gasteiger charge is -2.07. The number of rotatable bonds is 3. The van der Waals surface area contributed by atoms with Gasteiger partial charge in [-0.25, -0.2) is 4.79 Å². The molecule has 0 aliphatic heterocycles. The number of benzene rings is 1. The third-order valence-corrected chi connectivity index (χ3v) is 3.23. The van der Waals surface area contributed by atoms with Gasteiger partial charge in [0.25, 0.3) is 0 Å². The van der Waals surface area contributed by atoms with Crippen molar-refractivity contribution in [2.75, 3.05) is 0 Å². The fraction of sp³-hybridized carbons (Fsp3) is 0.214. The molecule has 2 heterocycles. The van der Waals surface area contributed by atoms with Gasteiger partial charge in [0.2, 0.25) is 0 Å². The van der Waals surface area contributed by atoms with Gasteiger partial charge in [0.1, 0.15) is 6.07 Å². The maximum atomic E-state index is 10.9. The van der Waals surface area contributed by atoms with E-state index >= 15 is 0 Å². The summed E-state index contributed by atoms with van der Waals surface area (Å²) in [5, 5.41) is 30.9. The minimum Gasteiger partial charge on any atom is -0.476 e. The minimum atomic E-state index is -1.14. The van der Waals surface area contributed by atoms with E-state index in [0.29, 0.717) is 16.8 Å². The van der Waals surface area contributed by atoms with Gasteiger partial charge >= 0.3 is 5.97 Å². The summed E-state index contributed by atoms with van der Waals surface area (Å²) in [5.74, 6) is -1.14. The van der Waals surface area contributed by atoms with Crippen LogP contribution in [0.15, 0.2) is 24.4 Å². The molecule has 0 aliphatic rings. The second kappa shape index (κ2) is 4.96. The highest BCUT2D eigenvalue weighted by atomic mass is 16.4. The standard InChI is InChI=1S/C14H12N6O2/c1-8(2)19-13-4-3-9(5-10(13)11(6-15)17-19)20-16-7-12(18-20)14(21)22/h3-5,7-8H,1-2H3,(H,21,22). The van der Waals surface area contributed by atoms with Crippen LogP contribution < -0.4 is 0 Å². The van der Waals surface area contributed by atoms with Gasteiger partial charge in [-0.1, -0.05) is 0 Å². The van der Waals surface area contributed by atoms with Crippen LogP contribution in [0.3, 0.4) is 0 Å². The van der Waals surface area contributed by atoms with Crippen molar-refractivity contribution in [3.63, 3.8) is 0 Å². The van der Waals surface area contributed by atoms with Crippen molar-refractivity contribution in [2.24, 2.45) is 0 Å². The number of carboxylic acids is 1. The molecule has 2 aromatic heterocycles. The van der Waals surface area contributed by atoms with Gasteiger partial charge in [-0.15, -0.1) is 5.10 Å². The molecule has 0 radical (unpaired) electrons. The molecular weight excluding hydrogens is 284 g/mol. The lowest BCUT2D eigenvalue weighted by atomic mass is 10.2. The fourth-order valence-electron chi connectivity index (χ4n) is 2.22. The van der Waals surface area contributed by atoms with Gasteiger partial charge in [-0.3, -0.25) is 4.68 Å². The van der Waals surface area contributed by atoms with E-state index in [1.165, 1.54) is 11.0 Å². The van der Waals surface area contributed by atoms with E-state index in [9.17, 15) is 10.1 Å². The first kappa shape index (κ1) is 13.8. The highest BCUT2D eigenvalue weighted by molar-refractivity contribution is 5.86. The SMILES string of the molecule is CC(C)n1nc(C#N)c2cc(-n3ncc(C(=O)O)n3)ccc21. The summed E-state index contributed by atoms with van der Waals surface area (Å²) in [4.78, 5) is 12.1. The summed E-state index contributed by atoms with van der Waals surface area (Å²) in [5.41, 5.74) is 1.58. The average molecular weight is 296 g/mol. The van der Waals surface area contributed by atoms with Gasteiger partial charge in [-0.05, 0) is 32.0 Å². The summed E-state index contributed by atoms with van der Waals surface area (Å²) >= 11 is 0. The highest BCUT2D eigenvalue weighted by Gasteiger charge is 2.15. The lowest BCUT2D eigenvalue weighted by Crippen LogP contribution is -2.03. The first-order valence-electron chi connectivity index (χ1n) is 6.59. The average Bonchev–Trinajstić information content (AvgIpc) is 3.11. The Labute approximate surface area is 125 Å². The molecule has 22 heavy (non-hydrogen) atoms. The van der Waals surface area contributed by atoms with Crippen LogP contribution in [0.4, 0.5) is 0 Å². The molecule has 8 nitrogen and oxygen atoms in total. The van der Waals surface area contributed by atoms with E-state index in [1.54, 1.807) is 16.8 Å². The molecule has 0 fully saturated rings. The molecule has 8 heteroatoms. The highest BCUT2D eigenvalue weighted by Crippen LogP contribution is 2.24. The predicted octanol–water partition coefficient (Wildman–Crippen LogP) is 1.77. The Hall–Kier alpha value is -3.21. The van der Waals surface area contributed by atoms with Crippen molar-refractivity contribution in [1.29, 1.82) is 5.26 Å². The van der Waals surface area contributed by atoms with E-state index in [-0.39, 0.29) is 11.7 Å². The molecular formula is C14H12N6O2. The quantitative estimate of drug-likeness (QED) is 0.788. The van der Waals surface area contributed by atoms with Crippen molar-refractivity contribution in [1.82, 2.24) is 24.8 Å². The number of nitriles is 1. The largest absolute Gasteiger partial charge is 0.476 e. The number of fused-ring (bicyclic) bond motifs is 1. The van der Waals surface area contributed by atoms with Crippen LogP contribution in [-0.2, 0) is 0 Å². The number of hydrogen-bond acceptors (Lipinski definition) is 5.